The molecule has 0 aliphatic rings. The number of pyridine rings is 1. The lowest BCUT2D eigenvalue weighted by molar-refractivity contribution is 0.0944. The van der Waals surface area contributed by atoms with Gasteiger partial charge < -0.3 is 20.5 Å². The van der Waals surface area contributed by atoms with Crippen LogP contribution in [0, 0.1) is 18.6 Å². The van der Waals surface area contributed by atoms with Crippen molar-refractivity contribution < 1.29 is 23.0 Å². The summed E-state index contributed by atoms with van der Waals surface area (Å²) in [7, 11) is 1.47. The highest BCUT2D eigenvalue weighted by Crippen LogP contribution is 2.28. The van der Waals surface area contributed by atoms with Crippen LogP contribution in [0.5, 0.6) is 11.6 Å². The fourth-order valence-corrected chi connectivity index (χ4v) is 3.55. The number of carbonyl (C=O) groups is 1. The molecule has 0 fully saturated rings. The molecule has 1 atom stereocenters. The van der Waals surface area contributed by atoms with Gasteiger partial charge in [-0.3, -0.25) is 4.79 Å². The molecule has 0 saturated heterocycles. The number of rotatable bonds is 9. The maximum absolute atomic E-state index is 14.0. The van der Waals surface area contributed by atoms with E-state index in [-0.39, 0.29) is 24.0 Å². The van der Waals surface area contributed by atoms with Crippen molar-refractivity contribution in [3.05, 3.63) is 58.8 Å². The van der Waals surface area contributed by atoms with Crippen LogP contribution < -0.4 is 20.5 Å². The number of halogens is 2. The van der Waals surface area contributed by atoms with E-state index in [2.05, 4.69) is 10.4 Å². The zero-order chi connectivity index (χ0) is 23.5. The van der Waals surface area contributed by atoms with E-state index in [0.29, 0.717) is 29.1 Å². The first-order valence-electron chi connectivity index (χ1n) is 10.4. The summed E-state index contributed by atoms with van der Waals surface area (Å²) in [5.41, 5.74) is 6.75. The lowest BCUT2D eigenvalue weighted by atomic mass is 9.97. The Morgan fingerprint density at radius 2 is 1.97 bits per heavy atom. The fraction of sp³-hybridized carbons (Fsp3) is 0.391. The van der Waals surface area contributed by atoms with Gasteiger partial charge in [-0.15, -0.1) is 0 Å². The molecule has 2 heterocycles. The second kappa shape index (κ2) is 9.52. The number of hydrogen-bond acceptors (Lipinski definition) is 5. The molecule has 0 bridgehead atoms. The molecule has 0 saturated carbocycles. The first-order chi connectivity index (χ1) is 15.2. The number of hydrogen-bond donors (Lipinski definition) is 2. The van der Waals surface area contributed by atoms with Crippen LogP contribution in [0.1, 0.15) is 48.3 Å². The zero-order valence-electron chi connectivity index (χ0n) is 18.7. The van der Waals surface area contributed by atoms with E-state index in [1.54, 1.807) is 13.0 Å². The summed E-state index contributed by atoms with van der Waals surface area (Å²) in [5, 5.41) is 7.28. The number of fused-ring (bicyclic) bond motifs is 1. The second-order valence-electron chi connectivity index (χ2n) is 8.07. The number of benzene rings is 1. The number of aryl methyl sites for hydroxylation is 1. The molecule has 1 unspecified atom stereocenters. The van der Waals surface area contributed by atoms with Crippen LogP contribution >= 0.6 is 0 Å². The van der Waals surface area contributed by atoms with Crippen molar-refractivity contribution in [1.82, 2.24) is 14.9 Å². The molecular weight excluding hydrogens is 418 g/mol. The molecule has 0 radical (unpaired) electrons. The summed E-state index contributed by atoms with van der Waals surface area (Å²) in [6, 6.07) is 6.80. The smallest absolute Gasteiger partial charge is 0.255 e. The Morgan fingerprint density at radius 1 is 1.28 bits per heavy atom. The van der Waals surface area contributed by atoms with E-state index in [1.807, 2.05) is 13.8 Å². The Labute approximate surface area is 185 Å². The second-order valence-corrected chi connectivity index (χ2v) is 8.07. The molecule has 7 nitrogen and oxygen atoms in total. The van der Waals surface area contributed by atoms with Crippen molar-refractivity contribution in [3.63, 3.8) is 0 Å². The minimum absolute atomic E-state index is 0.179. The van der Waals surface area contributed by atoms with Gasteiger partial charge in [-0.1, -0.05) is 19.4 Å². The number of nitrogens with two attached hydrogens (primary N) is 1. The molecule has 0 aliphatic carbocycles. The van der Waals surface area contributed by atoms with Crippen molar-refractivity contribution in [2.24, 2.45) is 5.73 Å². The number of amides is 1. The first-order valence-corrected chi connectivity index (χ1v) is 10.4. The highest BCUT2D eigenvalue weighted by molar-refractivity contribution is 6.02. The highest BCUT2D eigenvalue weighted by Gasteiger charge is 2.24. The minimum Gasteiger partial charge on any atom is -0.496 e. The molecule has 1 aromatic carbocycles. The van der Waals surface area contributed by atoms with Gasteiger partial charge in [-0.2, -0.15) is 9.61 Å². The first kappa shape index (κ1) is 23.5. The molecule has 172 valence electrons. The SMILES string of the molecule is CCCC(C)(N)CNC(=O)c1c(C)nn2c(OCc3c(F)cccc3F)cc(OC)cc12. The number of aromatic nitrogens is 2. The van der Waals surface area contributed by atoms with Crippen LogP contribution in [0.4, 0.5) is 8.78 Å². The third kappa shape index (κ3) is 4.99. The molecule has 0 aliphatic heterocycles. The summed E-state index contributed by atoms with van der Waals surface area (Å²) in [6.45, 7) is 5.56. The van der Waals surface area contributed by atoms with Crippen molar-refractivity contribution in [2.75, 3.05) is 13.7 Å². The monoisotopic (exact) mass is 446 g/mol. The summed E-state index contributed by atoms with van der Waals surface area (Å²) in [6.07, 6.45) is 1.67. The predicted molar refractivity (Wildman–Crippen MR) is 117 cm³/mol. The van der Waals surface area contributed by atoms with Crippen molar-refractivity contribution in [2.45, 2.75) is 45.8 Å². The number of nitrogens with zero attached hydrogens (tertiary/aromatic N) is 2. The number of ether oxygens (including phenoxy) is 2. The molecule has 3 rings (SSSR count). The van der Waals surface area contributed by atoms with E-state index in [9.17, 15) is 13.6 Å². The Balaban J connectivity index is 1.94. The van der Waals surface area contributed by atoms with Gasteiger partial charge in [-0.05, 0) is 32.4 Å². The molecule has 32 heavy (non-hydrogen) atoms. The molecule has 2 aromatic heterocycles. The Morgan fingerprint density at radius 3 is 2.59 bits per heavy atom. The van der Waals surface area contributed by atoms with E-state index >= 15 is 0 Å². The third-order valence-corrected chi connectivity index (χ3v) is 5.21. The topological polar surface area (TPSA) is 90.9 Å². The molecule has 1 amide bonds. The van der Waals surface area contributed by atoms with Crippen LogP contribution in [0.15, 0.2) is 30.3 Å². The molecule has 3 aromatic rings. The average molecular weight is 446 g/mol. The van der Waals surface area contributed by atoms with Crippen molar-refractivity contribution in [3.8, 4) is 11.6 Å². The Bertz CT molecular complexity index is 1110. The molecule has 9 heteroatoms. The standard InChI is InChI=1S/C23H28F2N4O3/c1-5-9-23(3,26)13-27-22(30)21-14(2)28-29-19(21)10-15(31-4)11-20(29)32-12-16-17(24)7-6-8-18(16)25/h6-8,10-11H,5,9,12-13,26H2,1-4H3,(H,27,30). The summed E-state index contributed by atoms with van der Waals surface area (Å²) >= 11 is 0. The predicted octanol–water partition coefficient (Wildman–Crippen LogP) is 3.76. The van der Waals surface area contributed by atoms with Gasteiger partial charge in [0.1, 0.15) is 24.0 Å². The molecular formula is C23H28F2N4O3. The van der Waals surface area contributed by atoms with Crippen LogP contribution in [0.2, 0.25) is 0 Å². The quantitative estimate of drug-likeness (QED) is 0.522. The van der Waals surface area contributed by atoms with Crippen molar-refractivity contribution >= 4 is 11.4 Å². The number of methoxy groups -OCH3 is 1. The van der Waals surface area contributed by atoms with Crippen LogP contribution in [0.3, 0.4) is 0 Å². The summed E-state index contributed by atoms with van der Waals surface area (Å²) < 4.78 is 40.4. The van der Waals surface area contributed by atoms with Gasteiger partial charge in [0.05, 0.1) is 29.4 Å². The van der Waals surface area contributed by atoms with Gasteiger partial charge in [-0.25, -0.2) is 8.78 Å². The lowest BCUT2D eigenvalue weighted by Gasteiger charge is -2.24. The largest absolute Gasteiger partial charge is 0.496 e. The van der Waals surface area contributed by atoms with Gasteiger partial charge in [0.25, 0.3) is 5.91 Å². The fourth-order valence-electron chi connectivity index (χ4n) is 3.55. The molecule has 0 spiro atoms. The highest BCUT2D eigenvalue weighted by atomic mass is 19.1. The van der Waals surface area contributed by atoms with E-state index in [1.165, 1.54) is 23.8 Å². The number of nitrogens with one attached hydrogen (secondary N) is 1. The number of carbonyl (C=O) groups excluding carboxylic acids is 1. The van der Waals surface area contributed by atoms with E-state index in [4.69, 9.17) is 15.2 Å². The summed E-state index contributed by atoms with van der Waals surface area (Å²) in [4.78, 5) is 13.0. The summed E-state index contributed by atoms with van der Waals surface area (Å²) in [5.74, 6) is -1.16. The lowest BCUT2D eigenvalue weighted by Crippen LogP contribution is -2.47. The Hall–Kier alpha value is -3.20. The van der Waals surface area contributed by atoms with Crippen LogP contribution in [0.25, 0.3) is 5.52 Å². The van der Waals surface area contributed by atoms with Crippen LogP contribution in [-0.2, 0) is 6.61 Å². The molecule has 3 N–H and O–H groups in total. The van der Waals surface area contributed by atoms with E-state index < -0.39 is 17.2 Å². The maximum Gasteiger partial charge on any atom is 0.255 e. The Kier molecular flexibility index (Phi) is 6.98. The average Bonchev–Trinajstić information content (AvgIpc) is 3.07. The minimum atomic E-state index is -0.710. The van der Waals surface area contributed by atoms with Crippen LogP contribution in [-0.4, -0.2) is 34.7 Å². The van der Waals surface area contributed by atoms with Gasteiger partial charge >= 0.3 is 0 Å². The van der Waals surface area contributed by atoms with Gasteiger partial charge in [0.15, 0.2) is 0 Å². The zero-order valence-corrected chi connectivity index (χ0v) is 18.7. The maximum atomic E-state index is 14.0. The van der Waals surface area contributed by atoms with Crippen molar-refractivity contribution in [1.29, 1.82) is 0 Å². The normalized spacial score (nSPS) is 13.1. The van der Waals surface area contributed by atoms with Gasteiger partial charge in [0, 0.05) is 24.2 Å². The third-order valence-electron chi connectivity index (χ3n) is 5.21. The van der Waals surface area contributed by atoms with E-state index in [0.717, 1.165) is 25.0 Å². The van der Waals surface area contributed by atoms with Gasteiger partial charge in [0.2, 0.25) is 5.88 Å².